The van der Waals surface area contributed by atoms with Gasteiger partial charge in [-0.05, 0) is 36.1 Å². The summed E-state index contributed by atoms with van der Waals surface area (Å²) in [6.45, 7) is -0.0751. The first-order valence-corrected chi connectivity index (χ1v) is 8.62. The number of benzene rings is 2. The molecular formula is C20H22N4O2. The SMILES string of the molecule is O=C(CCc1ccc(-n2cnnc2)cc1)NC(CO)Cc1ccccc1. The molecule has 0 aliphatic carbocycles. The Hall–Kier alpha value is -2.99. The highest BCUT2D eigenvalue weighted by atomic mass is 16.3. The van der Waals surface area contributed by atoms with E-state index in [-0.39, 0.29) is 18.6 Å². The zero-order chi connectivity index (χ0) is 18.2. The van der Waals surface area contributed by atoms with E-state index in [4.69, 9.17) is 0 Å². The number of carbonyl (C=O) groups excluding carboxylic acids is 1. The maximum Gasteiger partial charge on any atom is 0.220 e. The average Bonchev–Trinajstić information content (AvgIpc) is 3.22. The second-order valence-corrected chi connectivity index (χ2v) is 6.17. The quantitative estimate of drug-likeness (QED) is 0.650. The summed E-state index contributed by atoms with van der Waals surface area (Å²) in [5.74, 6) is -0.0529. The van der Waals surface area contributed by atoms with Gasteiger partial charge in [-0.1, -0.05) is 42.5 Å². The van der Waals surface area contributed by atoms with E-state index in [1.54, 1.807) is 12.7 Å². The van der Waals surface area contributed by atoms with Crippen molar-refractivity contribution >= 4 is 5.91 Å². The number of aryl methyl sites for hydroxylation is 1. The number of hydrogen-bond donors (Lipinski definition) is 2. The van der Waals surface area contributed by atoms with Crippen LogP contribution in [-0.2, 0) is 17.6 Å². The van der Waals surface area contributed by atoms with Crippen molar-refractivity contribution in [3.05, 3.63) is 78.4 Å². The van der Waals surface area contributed by atoms with Crippen LogP contribution in [-0.4, -0.2) is 38.4 Å². The Labute approximate surface area is 152 Å². The van der Waals surface area contributed by atoms with Crippen LogP contribution in [0.1, 0.15) is 17.5 Å². The Morgan fingerprint density at radius 2 is 1.69 bits per heavy atom. The molecule has 1 aromatic heterocycles. The van der Waals surface area contributed by atoms with Gasteiger partial charge in [-0.25, -0.2) is 0 Å². The van der Waals surface area contributed by atoms with Crippen LogP contribution in [0.25, 0.3) is 5.69 Å². The number of nitrogens with one attached hydrogen (secondary N) is 1. The molecule has 0 fully saturated rings. The second-order valence-electron chi connectivity index (χ2n) is 6.17. The van der Waals surface area contributed by atoms with Crippen LogP contribution in [0.3, 0.4) is 0 Å². The van der Waals surface area contributed by atoms with E-state index in [0.29, 0.717) is 19.3 Å². The van der Waals surface area contributed by atoms with Crippen molar-refractivity contribution in [2.75, 3.05) is 6.61 Å². The molecular weight excluding hydrogens is 328 g/mol. The van der Waals surface area contributed by atoms with Crippen molar-refractivity contribution < 1.29 is 9.90 Å². The lowest BCUT2D eigenvalue weighted by Crippen LogP contribution is -2.39. The van der Waals surface area contributed by atoms with E-state index >= 15 is 0 Å². The summed E-state index contributed by atoms with van der Waals surface area (Å²) in [5, 5.41) is 20.0. The molecule has 26 heavy (non-hydrogen) atoms. The van der Waals surface area contributed by atoms with E-state index in [2.05, 4.69) is 15.5 Å². The lowest BCUT2D eigenvalue weighted by atomic mass is 10.1. The lowest BCUT2D eigenvalue weighted by Gasteiger charge is -2.16. The van der Waals surface area contributed by atoms with Crippen LogP contribution in [0.5, 0.6) is 0 Å². The molecule has 1 amide bonds. The first-order valence-electron chi connectivity index (χ1n) is 8.62. The standard InChI is InChI=1S/C20H22N4O2/c25-13-18(12-17-4-2-1-3-5-17)23-20(26)11-8-16-6-9-19(10-7-16)24-14-21-22-15-24/h1-7,9-10,14-15,18,25H,8,11-13H2,(H,23,26). The van der Waals surface area contributed by atoms with Gasteiger partial charge in [0.1, 0.15) is 12.7 Å². The molecule has 0 aliphatic heterocycles. The van der Waals surface area contributed by atoms with Crippen molar-refractivity contribution in [3.63, 3.8) is 0 Å². The van der Waals surface area contributed by atoms with Gasteiger partial charge in [0.2, 0.25) is 5.91 Å². The van der Waals surface area contributed by atoms with E-state index in [9.17, 15) is 9.90 Å². The van der Waals surface area contributed by atoms with Crippen molar-refractivity contribution in [1.82, 2.24) is 20.1 Å². The fraction of sp³-hybridized carbons (Fsp3) is 0.250. The molecule has 0 aliphatic rings. The Balaban J connectivity index is 1.48. The Morgan fingerprint density at radius 1 is 1.00 bits per heavy atom. The molecule has 6 heteroatoms. The molecule has 0 saturated heterocycles. The molecule has 1 heterocycles. The van der Waals surface area contributed by atoms with Crippen molar-refractivity contribution in [3.8, 4) is 5.69 Å². The summed E-state index contributed by atoms with van der Waals surface area (Å²) >= 11 is 0. The van der Waals surface area contributed by atoms with Gasteiger partial charge >= 0.3 is 0 Å². The monoisotopic (exact) mass is 350 g/mol. The van der Waals surface area contributed by atoms with Gasteiger partial charge in [0.05, 0.1) is 12.6 Å². The third-order valence-corrected chi connectivity index (χ3v) is 4.20. The summed E-state index contributed by atoms with van der Waals surface area (Å²) in [5.41, 5.74) is 3.16. The molecule has 0 spiro atoms. The highest BCUT2D eigenvalue weighted by Gasteiger charge is 2.12. The number of aromatic nitrogens is 3. The number of amides is 1. The second kappa shape index (κ2) is 8.92. The van der Waals surface area contributed by atoms with Crippen molar-refractivity contribution in [2.24, 2.45) is 0 Å². The number of hydrogen-bond acceptors (Lipinski definition) is 4. The number of carbonyl (C=O) groups is 1. The van der Waals surface area contributed by atoms with Gasteiger partial charge in [-0.15, -0.1) is 10.2 Å². The predicted octanol–water partition coefficient (Wildman–Crippen LogP) is 1.92. The highest BCUT2D eigenvalue weighted by Crippen LogP contribution is 2.10. The number of aliphatic hydroxyl groups excluding tert-OH is 1. The summed E-state index contributed by atoms with van der Waals surface area (Å²) in [4.78, 5) is 12.2. The van der Waals surface area contributed by atoms with E-state index in [0.717, 1.165) is 16.8 Å². The highest BCUT2D eigenvalue weighted by molar-refractivity contribution is 5.76. The Morgan fingerprint density at radius 3 is 2.35 bits per heavy atom. The van der Waals surface area contributed by atoms with Crippen LogP contribution in [0, 0.1) is 0 Å². The summed E-state index contributed by atoms with van der Waals surface area (Å²) < 4.78 is 1.83. The lowest BCUT2D eigenvalue weighted by molar-refractivity contribution is -0.122. The van der Waals surface area contributed by atoms with Crippen LogP contribution >= 0.6 is 0 Å². The normalized spacial score (nSPS) is 11.9. The van der Waals surface area contributed by atoms with Gasteiger partial charge in [0, 0.05) is 12.1 Å². The Bertz CT molecular complexity index is 802. The van der Waals surface area contributed by atoms with Gasteiger partial charge in [-0.3, -0.25) is 9.36 Å². The maximum absolute atomic E-state index is 12.2. The van der Waals surface area contributed by atoms with E-state index in [1.807, 2.05) is 59.2 Å². The minimum atomic E-state index is -0.263. The van der Waals surface area contributed by atoms with E-state index in [1.165, 1.54) is 0 Å². The van der Waals surface area contributed by atoms with Gasteiger partial charge in [0.25, 0.3) is 0 Å². The Kier molecular flexibility index (Phi) is 6.11. The van der Waals surface area contributed by atoms with Crippen LogP contribution in [0.2, 0.25) is 0 Å². The molecule has 2 aromatic carbocycles. The zero-order valence-electron chi connectivity index (χ0n) is 14.5. The molecule has 0 bridgehead atoms. The van der Waals surface area contributed by atoms with Crippen LogP contribution in [0.4, 0.5) is 0 Å². The predicted molar refractivity (Wildman–Crippen MR) is 98.8 cm³/mol. The fourth-order valence-corrected chi connectivity index (χ4v) is 2.79. The molecule has 3 rings (SSSR count). The molecule has 0 saturated carbocycles. The summed E-state index contributed by atoms with van der Waals surface area (Å²) in [7, 11) is 0. The first kappa shape index (κ1) is 17.8. The minimum Gasteiger partial charge on any atom is -0.394 e. The number of aliphatic hydroxyl groups is 1. The number of rotatable bonds is 8. The molecule has 2 N–H and O–H groups in total. The minimum absolute atomic E-state index is 0.0529. The zero-order valence-corrected chi connectivity index (χ0v) is 14.5. The third-order valence-electron chi connectivity index (χ3n) is 4.20. The molecule has 1 atom stereocenters. The maximum atomic E-state index is 12.2. The van der Waals surface area contributed by atoms with Crippen LogP contribution < -0.4 is 5.32 Å². The van der Waals surface area contributed by atoms with Crippen molar-refractivity contribution in [1.29, 1.82) is 0 Å². The van der Waals surface area contributed by atoms with Gasteiger partial charge < -0.3 is 10.4 Å². The molecule has 6 nitrogen and oxygen atoms in total. The molecule has 134 valence electrons. The summed E-state index contributed by atoms with van der Waals surface area (Å²) in [6, 6.07) is 17.5. The molecule has 1 unspecified atom stereocenters. The van der Waals surface area contributed by atoms with Gasteiger partial charge in [0.15, 0.2) is 0 Å². The summed E-state index contributed by atoms with van der Waals surface area (Å²) in [6.07, 6.45) is 4.94. The van der Waals surface area contributed by atoms with Crippen LogP contribution in [0.15, 0.2) is 67.3 Å². The third kappa shape index (κ3) is 5.00. The number of nitrogens with zero attached hydrogens (tertiary/aromatic N) is 3. The largest absolute Gasteiger partial charge is 0.394 e. The average molecular weight is 350 g/mol. The molecule has 3 aromatic rings. The van der Waals surface area contributed by atoms with E-state index < -0.39 is 0 Å². The van der Waals surface area contributed by atoms with Crippen molar-refractivity contribution in [2.45, 2.75) is 25.3 Å². The first-order chi connectivity index (χ1) is 12.7. The van der Waals surface area contributed by atoms with Gasteiger partial charge in [-0.2, -0.15) is 0 Å². The molecule has 0 radical (unpaired) electrons. The smallest absolute Gasteiger partial charge is 0.220 e. The fourth-order valence-electron chi connectivity index (χ4n) is 2.79. The topological polar surface area (TPSA) is 80.0 Å².